The maximum Gasteiger partial charge on any atom is 0.356 e. The second-order valence-corrected chi connectivity index (χ2v) is 3.83. The molecule has 7 heteroatoms. The fraction of sp³-hybridized carbons (Fsp3) is 0.300. The maximum atomic E-state index is 10.5. The Morgan fingerprint density at radius 3 is 2.94 bits per heavy atom. The maximum absolute atomic E-state index is 10.5. The van der Waals surface area contributed by atoms with Gasteiger partial charge in [-0.15, -0.1) is 5.11 Å². The van der Waals surface area contributed by atoms with Crippen LogP contribution in [-0.4, -0.2) is 29.8 Å². The van der Waals surface area contributed by atoms with Gasteiger partial charge in [0, 0.05) is 30.9 Å². The third kappa shape index (κ3) is 2.04. The molecule has 1 heterocycles. The van der Waals surface area contributed by atoms with E-state index in [4.69, 9.17) is 5.73 Å². The molecule has 0 saturated carbocycles. The van der Waals surface area contributed by atoms with Crippen LogP contribution in [0.5, 0.6) is 5.75 Å². The first kappa shape index (κ1) is 11.3. The second-order valence-electron chi connectivity index (χ2n) is 3.83. The third-order valence-electron chi connectivity index (χ3n) is 2.60. The van der Waals surface area contributed by atoms with Crippen molar-refractivity contribution in [3.05, 3.63) is 17.7 Å². The quantitative estimate of drug-likeness (QED) is 0.632. The molecule has 1 aliphatic rings. The van der Waals surface area contributed by atoms with Crippen molar-refractivity contribution in [1.82, 2.24) is 0 Å². The number of amides is 2. The predicted molar refractivity (Wildman–Crippen MR) is 60.4 cm³/mol. The smallest absolute Gasteiger partial charge is 0.356 e. The molecule has 0 aliphatic carbocycles. The highest BCUT2D eigenvalue weighted by atomic mass is 16.3. The van der Waals surface area contributed by atoms with Crippen LogP contribution in [0.2, 0.25) is 0 Å². The summed E-state index contributed by atoms with van der Waals surface area (Å²) in [7, 11) is 1.80. The number of rotatable bonds is 1. The number of nitrogens with zero attached hydrogens (tertiary/aromatic N) is 3. The number of hydrogen-bond donors (Lipinski definition) is 3. The summed E-state index contributed by atoms with van der Waals surface area (Å²) in [5, 5.41) is 26.1. The first-order valence-corrected chi connectivity index (χ1v) is 4.96. The number of nitrogens with two attached hydrogens (primary N) is 1. The lowest BCUT2D eigenvalue weighted by atomic mass is 10.1. The lowest BCUT2D eigenvalue weighted by Gasteiger charge is -2.11. The van der Waals surface area contributed by atoms with E-state index in [9.17, 15) is 15.0 Å². The van der Waals surface area contributed by atoms with Gasteiger partial charge < -0.3 is 20.8 Å². The molecule has 7 nitrogen and oxygen atoms in total. The Morgan fingerprint density at radius 2 is 2.29 bits per heavy atom. The number of aromatic hydroxyl groups is 1. The van der Waals surface area contributed by atoms with Crippen molar-refractivity contribution in [3.63, 3.8) is 0 Å². The molecule has 1 atom stereocenters. The molecule has 0 spiro atoms. The van der Waals surface area contributed by atoms with Crippen LogP contribution in [0, 0.1) is 0 Å². The first-order valence-electron chi connectivity index (χ1n) is 4.96. The number of carbonyl (C=O) groups excluding carboxylic acids is 1. The number of likely N-dealkylation sites (N-methyl/N-ethyl adjacent to an activating group) is 1. The summed E-state index contributed by atoms with van der Waals surface area (Å²) in [6.45, 7) is 0.450. The van der Waals surface area contributed by atoms with Gasteiger partial charge in [-0.1, -0.05) is 5.11 Å². The lowest BCUT2D eigenvalue weighted by molar-refractivity contribution is 0.195. The van der Waals surface area contributed by atoms with Crippen molar-refractivity contribution >= 4 is 17.4 Å². The van der Waals surface area contributed by atoms with Crippen LogP contribution in [0.4, 0.5) is 16.2 Å². The van der Waals surface area contributed by atoms with E-state index >= 15 is 0 Å². The van der Waals surface area contributed by atoms with Gasteiger partial charge in [0.05, 0.1) is 6.10 Å². The number of phenols is 1. The molecule has 0 aromatic heterocycles. The summed E-state index contributed by atoms with van der Waals surface area (Å²) in [5.74, 6) is -0.116. The van der Waals surface area contributed by atoms with Crippen molar-refractivity contribution in [1.29, 1.82) is 0 Å². The van der Waals surface area contributed by atoms with Crippen molar-refractivity contribution < 1.29 is 15.0 Å². The third-order valence-corrected chi connectivity index (χ3v) is 2.60. The average Bonchev–Trinajstić information content (AvgIpc) is 2.51. The number of aliphatic hydroxyl groups excluding tert-OH is 1. The molecule has 1 aliphatic heterocycles. The van der Waals surface area contributed by atoms with Crippen molar-refractivity contribution in [2.75, 3.05) is 18.5 Å². The largest absolute Gasteiger partial charge is 0.506 e. The SMILES string of the molecule is CN1C[C@H](O)c2cc(N=NC(N)=O)c(O)cc21. The summed E-state index contributed by atoms with van der Waals surface area (Å²) >= 11 is 0. The summed E-state index contributed by atoms with van der Waals surface area (Å²) in [5.41, 5.74) is 6.29. The van der Waals surface area contributed by atoms with Crippen LogP contribution in [0.3, 0.4) is 0 Å². The number of benzene rings is 1. The van der Waals surface area contributed by atoms with Crippen LogP contribution in [0.1, 0.15) is 11.7 Å². The Morgan fingerprint density at radius 1 is 1.59 bits per heavy atom. The molecule has 0 saturated heterocycles. The van der Waals surface area contributed by atoms with Gasteiger partial charge in [0.1, 0.15) is 11.4 Å². The zero-order chi connectivity index (χ0) is 12.6. The number of β-amino-alcohol motifs (C(OH)–C–C–N with tert-alkyl or cyclic N) is 1. The highest BCUT2D eigenvalue weighted by molar-refractivity contribution is 5.73. The number of fused-ring (bicyclic) bond motifs is 1. The minimum atomic E-state index is -0.942. The number of azo groups is 1. The van der Waals surface area contributed by atoms with Gasteiger partial charge in [0.15, 0.2) is 0 Å². The Balaban J connectivity index is 2.44. The van der Waals surface area contributed by atoms with Crippen molar-refractivity contribution in [2.24, 2.45) is 16.0 Å². The van der Waals surface area contributed by atoms with E-state index in [2.05, 4.69) is 10.2 Å². The molecule has 0 bridgehead atoms. The Labute approximate surface area is 97.2 Å². The minimum Gasteiger partial charge on any atom is -0.506 e. The van der Waals surface area contributed by atoms with Crippen LogP contribution in [0.15, 0.2) is 22.4 Å². The minimum absolute atomic E-state index is 0.108. The molecule has 1 aromatic rings. The van der Waals surface area contributed by atoms with Crippen molar-refractivity contribution in [2.45, 2.75) is 6.10 Å². The number of anilines is 1. The highest BCUT2D eigenvalue weighted by Crippen LogP contribution is 2.41. The van der Waals surface area contributed by atoms with E-state index in [-0.39, 0.29) is 11.4 Å². The Bertz CT molecular complexity index is 501. The topological polar surface area (TPSA) is 112 Å². The van der Waals surface area contributed by atoms with Crippen molar-refractivity contribution in [3.8, 4) is 5.75 Å². The van der Waals surface area contributed by atoms with Crippen LogP contribution in [0.25, 0.3) is 0 Å². The Hall–Kier alpha value is -2.15. The zero-order valence-corrected chi connectivity index (χ0v) is 9.16. The van der Waals surface area contributed by atoms with Gasteiger partial charge in [-0.3, -0.25) is 0 Å². The summed E-state index contributed by atoms with van der Waals surface area (Å²) in [4.78, 5) is 12.3. The standard InChI is InChI=1S/C10H12N4O3/c1-14-4-9(16)5-2-6(12-13-10(11)17)8(15)3-7(5)14/h2-3,9,15-16H,4H2,1H3,(H2,11,17)/t9-/m0/s1. The van der Waals surface area contributed by atoms with Gasteiger partial charge in [-0.2, -0.15) is 0 Å². The summed E-state index contributed by atoms with van der Waals surface area (Å²) in [6, 6.07) is 2.02. The molecule has 2 rings (SSSR count). The van der Waals surface area contributed by atoms with Crippen LogP contribution >= 0.6 is 0 Å². The number of primary amides is 1. The van der Waals surface area contributed by atoms with Gasteiger partial charge >= 0.3 is 6.03 Å². The number of aliphatic hydroxyl groups is 1. The number of carbonyl (C=O) groups is 1. The molecular formula is C10H12N4O3. The van der Waals surface area contributed by atoms with Gasteiger partial charge in [0.2, 0.25) is 0 Å². The molecule has 2 amide bonds. The van der Waals surface area contributed by atoms with E-state index in [0.29, 0.717) is 12.1 Å². The van der Waals surface area contributed by atoms with Gasteiger partial charge in [-0.25, -0.2) is 4.79 Å². The van der Waals surface area contributed by atoms with Gasteiger partial charge in [-0.05, 0) is 6.07 Å². The van der Waals surface area contributed by atoms with E-state index in [1.54, 1.807) is 7.05 Å². The summed E-state index contributed by atoms with van der Waals surface area (Å²) < 4.78 is 0. The Kier molecular flexibility index (Phi) is 2.68. The molecule has 0 unspecified atom stereocenters. The van der Waals surface area contributed by atoms with E-state index < -0.39 is 12.1 Å². The molecule has 90 valence electrons. The predicted octanol–water partition coefficient (Wildman–Crippen LogP) is 1.04. The fourth-order valence-corrected chi connectivity index (χ4v) is 1.82. The molecule has 17 heavy (non-hydrogen) atoms. The van der Waals surface area contributed by atoms with Crippen LogP contribution in [-0.2, 0) is 0 Å². The second kappa shape index (κ2) is 4.02. The zero-order valence-electron chi connectivity index (χ0n) is 9.16. The van der Waals surface area contributed by atoms with E-state index in [1.807, 2.05) is 4.90 Å². The average molecular weight is 236 g/mol. The highest BCUT2D eigenvalue weighted by Gasteiger charge is 2.26. The lowest BCUT2D eigenvalue weighted by Crippen LogP contribution is -2.14. The normalized spacial score (nSPS) is 18.7. The fourth-order valence-electron chi connectivity index (χ4n) is 1.82. The van der Waals surface area contributed by atoms with E-state index in [1.165, 1.54) is 12.1 Å². The molecular weight excluding hydrogens is 224 g/mol. The first-order chi connectivity index (χ1) is 7.99. The van der Waals surface area contributed by atoms with E-state index in [0.717, 1.165) is 5.69 Å². The molecule has 4 N–H and O–H groups in total. The summed E-state index contributed by atoms with van der Waals surface area (Å²) in [6.07, 6.45) is -0.641. The number of phenolic OH excluding ortho intramolecular Hbond substituents is 1. The number of urea groups is 1. The molecule has 0 fully saturated rings. The number of hydrogen-bond acceptors (Lipinski definition) is 5. The molecule has 1 aromatic carbocycles. The van der Waals surface area contributed by atoms with Crippen LogP contribution < -0.4 is 10.6 Å². The monoisotopic (exact) mass is 236 g/mol. The van der Waals surface area contributed by atoms with Gasteiger partial charge in [0.25, 0.3) is 0 Å². The molecule has 0 radical (unpaired) electrons.